The monoisotopic (exact) mass is 222 g/mol. The van der Waals surface area contributed by atoms with Gasteiger partial charge in [0, 0.05) is 24.2 Å². The maximum absolute atomic E-state index is 2.76. The fourth-order valence-corrected chi connectivity index (χ4v) is 4.58. The average Bonchev–Trinajstić information content (AvgIpc) is 2.36. The summed E-state index contributed by atoms with van der Waals surface area (Å²) < 4.78 is 0. The van der Waals surface area contributed by atoms with Crippen molar-refractivity contribution in [3.8, 4) is 0 Å². The lowest BCUT2D eigenvalue weighted by Gasteiger charge is -2.57. The van der Waals surface area contributed by atoms with Crippen molar-refractivity contribution in [2.45, 2.75) is 75.5 Å². The molecule has 92 valence electrons. The van der Waals surface area contributed by atoms with Gasteiger partial charge in [0.1, 0.15) is 0 Å². The fourth-order valence-electron chi connectivity index (χ4n) is 4.58. The molecule has 0 bridgehead atoms. The minimum Gasteiger partial charge on any atom is -0.297 e. The second-order valence-electron chi connectivity index (χ2n) is 6.17. The van der Waals surface area contributed by atoms with E-state index in [4.69, 9.17) is 0 Å². The molecule has 4 unspecified atom stereocenters. The highest BCUT2D eigenvalue weighted by Gasteiger charge is 2.45. The van der Waals surface area contributed by atoms with E-state index in [0.29, 0.717) is 0 Å². The first-order valence-corrected chi connectivity index (χ1v) is 7.23. The second-order valence-corrected chi connectivity index (χ2v) is 6.17. The summed E-state index contributed by atoms with van der Waals surface area (Å²) >= 11 is 0. The summed E-state index contributed by atoms with van der Waals surface area (Å²) in [4.78, 5) is 5.52. The molecule has 1 saturated heterocycles. The largest absolute Gasteiger partial charge is 0.297 e. The van der Waals surface area contributed by atoms with Gasteiger partial charge < -0.3 is 0 Å². The second kappa shape index (κ2) is 4.30. The Morgan fingerprint density at radius 2 is 0.812 bits per heavy atom. The third-order valence-electron chi connectivity index (χ3n) is 5.48. The van der Waals surface area contributed by atoms with Crippen LogP contribution in [0.5, 0.6) is 0 Å². The molecule has 2 heteroatoms. The zero-order valence-electron chi connectivity index (χ0n) is 10.9. The molecular formula is C14H26N2. The highest BCUT2D eigenvalue weighted by molar-refractivity contribution is 5.02. The van der Waals surface area contributed by atoms with E-state index in [-0.39, 0.29) is 0 Å². The Morgan fingerprint density at radius 3 is 1.06 bits per heavy atom. The van der Waals surface area contributed by atoms with Gasteiger partial charge in [0.15, 0.2) is 0 Å². The average molecular weight is 222 g/mol. The molecule has 3 aliphatic rings. The third kappa shape index (κ3) is 1.62. The van der Waals surface area contributed by atoms with Crippen molar-refractivity contribution in [2.75, 3.05) is 14.1 Å². The highest BCUT2D eigenvalue weighted by atomic mass is 15.3. The van der Waals surface area contributed by atoms with Gasteiger partial charge in [-0.25, -0.2) is 0 Å². The van der Waals surface area contributed by atoms with E-state index in [2.05, 4.69) is 23.9 Å². The lowest BCUT2D eigenvalue weighted by Crippen LogP contribution is -2.67. The topological polar surface area (TPSA) is 6.48 Å². The van der Waals surface area contributed by atoms with Gasteiger partial charge >= 0.3 is 0 Å². The summed E-state index contributed by atoms with van der Waals surface area (Å²) in [6.45, 7) is 0. The van der Waals surface area contributed by atoms with Crippen molar-refractivity contribution in [3.05, 3.63) is 0 Å². The molecule has 0 radical (unpaired) electrons. The molecule has 16 heavy (non-hydrogen) atoms. The summed E-state index contributed by atoms with van der Waals surface area (Å²) in [5.74, 6) is 0. The molecule has 3 fully saturated rings. The highest BCUT2D eigenvalue weighted by Crippen LogP contribution is 2.38. The Hall–Kier alpha value is -0.0800. The van der Waals surface area contributed by atoms with Gasteiger partial charge in [-0.2, -0.15) is 0 Å². The molecule has 1 heterocycles. The van der Waals surface area contributed by atoms with Gasteiger partial charge in [-0.15, -0.1) is 0 Å². The van der Waals surface area contributed by atoms with Gasteiger partial charge in [0.2, 0.25) is 0 Å². The third-order valence-corrected chi connectivity index (χ3v) is 5.48. The zero-order valence-corrected chi connectivity index (χ0v) is 10.9. The molecule has 2 saturated carbocycles. The first-order chi connectivity index (χ1) is 7.79. The van der Waals surface area contributed by atoms with E-state index >= 15 is 0 Å². The molecule has 0 aromatic heterocycles. The van der Waals surface area contributed by atoms with E-state index in [0.717, 1.165) is 24.2 Å². The summed E-state index contributed by atoms with van der Waals surface area (Å²) in [6, 6.07) is 3.44. The lowest BCUT2D eigenvalue weighted by atomic mass is 9.78. The number of fused-ring (bicyclic) bond motifs is 2. The Kier molecular flexibility index (Phi) is 2.97. The molecule has 3 rings (SSSR count). The van der Waals surface area contributed by atoms with E-state index in [1.807, 2.05) is 0 Å². The minimum absolute atomic E-state index is 0.859. The van der Waals surface area contributed by atoms with Gasteiger partial charge in [0.25, 0.3) is 0 Å². The van der Waals surface area contributed by atoms with Crippen molar-refractivity contribution in [2.24, 2.45) is 0 Å². The number of hydrogen-bond donors (Lipinski definition) is 0. The molecule has 1 aliphatic heterocycles. The maximum Gasteiger partial charge on any atom is 0.0252 e. The number of hydrogen-bond acceptors (Lipinski definition) is 2. The molecule has 4 atom stereocenters. The first kappa shape index (κ1) is 11.0. The molecule has 0 aromatic carbocycles. The number of nitrogens with zero attached hydrogens (tertiary/aromatic N) is 2. The smallest absolute Gasteiger partial charge is 0.0252 e. The summed E-state index contributed by atoms with van der Waals surface area (Å²) in [5, 5.41) is 0. The normalized spacial score (nSPS) is 46.1. The SMILES string of the molecule is CN1C2CCCCC2N(C)C2CCCCC21. The summed E-state index contributed by atoms with van der Waals surface area (Å²) in [6.07, 6.45) is 11.6. The van der Waals surface area contributed by atoms with Crippen LogP contribution >= 0.6 is 0 Å². The van der Waals surface area contributed by atoms with E-state index in [9.17, 15) is 0 Å². The molecule has 0 N–H and O–H groups in total. The number of piperazine rings is 1. The number of rotatable bonds is 0. The van der Waals surface area contributed by atoms with Crippen LogP contribution in [0.2, 0.25) is 0 Å². The van der Waals surface area contributed by atoms with Gasteiger partial charge in [-0.1, -0.05) is 25.7 Å². The van der Waals surface area contributed by atoms with Crippen molar-refractivity contribution in [1.29, 1.82) is 0 Å². The van der Waals surface area contributed by atoms with Crippen LogP contribution in [0.15, 0.2) is 0 Å². The van der Waals surface area contributed by atoms with Gasteiger partial charge in [-0.05, 0) is 39.8 Å². The van der Waals surface area contributed by atoms with Crippen LogP contribution in [-0.4, -0.2) is 48.1 Å². The summed E-state index contributed by atoms with van der Waals surface area (Å²) in [5.41, 5.74) is 0. The Balaban J connectivity index is 1.83. The minimum atomic E-state index is 0.859. The van der Waals surface area contributed by atoms with Crippen LogP contribution in [0.4, 0.5) is 0 Å². The van der Waals surface area contributed by atoms with E-state index < -0.39 is 0 Å². The molecule has 0 aromatic rings. The standard InChI is InChI=1S/C14H26N2/c1-15-11-7-3-5-9-13(11)16(2)14-10-6-4-8-12(14)15/h11-14H,3-10H2,1-2H3. The van der Waals surface area contributed by atoms with Crippen LogP contribution in [0, 0.1) is 0 Å². The molecule has 0 spiro atoms. The fraction of sp³-hybridized carbons (Fsp3) is 1.00. The van der Waals surface area contributed by atoms with Crippen LogP contribution in [-0.2, 0) is 0 Å². The predicted octanol–water partition coefficient (Wildman–Crippen LogP) is 2.49. The Labute approximate surface area is 100.0 Å². The molecular weight excluding hydrogens is 196 g/mol. The maximum atomic E-state index is 2.76. The lowest BCUT2D eigenvalue weighted by molar-refractivity contribution is -0.0692. The van der Waals surface area contributed by atoms with Crippen LogP contribution in [0.1, 0.15) is 51.4 Å². The van der Waals surface area contributed by atoms with Crippen LogP contribution < -0.4 is 0 Å². The van der Waals surface area contributed by atoms with Gasteiger partial charge in [-0.3, -0.25) is 9.80 Å². The van der Waals surface area contributed by atoms with Crippen molar-refractivity contribution in [1.82, 2.24) is 9.80 Å². The predicted molar refractivity (Wildman–Crippen MR) is 67.6 cm³/mol. The molecule has 2 aliphatic carbocycles. The molecule has 0 amide bonds. The van der Waals surface area contributed by atoms with Crippen LogP contribution in [0.3, 0.4) is 0 Å². The van der Waals surface area contributed by atoms with Crippen molar-refractivity contribution < 1.29 is 0 Å². The first-order valence-electron chi connectivity index (χ1n) is 7.23. The molecule has 2 nitrogen and oxygen atoms in total. The van der Waals surface area contributed by atoms with Crippen molar-refractivity contribution in [3.63, 3.8) is 0 Å². The number of likely N-dealkylation sites (N-methyl/N-ethyl adjacent to an activating group) is 2. The summed E-state index contributed by atoms with van der Waals surface area (Å²) in [7, 11) is 4.80. The van der Waals surface area contributed by atoms with Crippen LogP contribution in [0.25, 0.3) is 0 Å². The zero-order chi connectivity index (χ0) is 11.1. The van der Waals surface area contributed by atoms with E-state index in [1.54, 1.807) is 0 Å². The van der Waals surface area contributed by atoms with Crippen molar-refractivity contribution >= 4 is 0 Å². The van der Waals surface area contributed by atoms with Gasteiger partial charge in [0.05, 0.1) is 0 Å². The Morgan fingerprint density at radius 1 is 0.562 bits per heavy atom. The quantitative estimate of drug-likeness (QED) is 0.621. The Bertz CT molecular complexity index is 203. The van der Waals surface area contributed by atoms with E-state index in [1.165, 1.54) is 51.4 Å².